The summed E-state index contributed by atoms with van der Waals surface area (Å²) >= 11 is 1.25. The zero-order chi connectivity index (χ0) is 16.8. The van der Waals surface area contributed by atoms with E-state index in [9.17, 15) is 14.4 Å². The largest absolute Gasteiger partial charge is 0.469 e. The Kier molecular flexibility index (Phi) is 6.09. The molecule has 2 amide bonds. The minimum Gasteiger partial charge on any atom is -0.469 e. The summed E-state index contributed by atoms with van der Waals surface area (Å²) in [4.78, 5) is 39.3. The molecule has 8 heteroatoms. The van der Waals surface area contributed by atoms with Crippen LogP contribution in [0.25, 0.3) is 0 Å². The van der Waals surface area contributed by atoms with E-state index in [-0.39, 0.29) is 30.1 Å². The van der Waals surface area contributed by atoms with E-state index >= 15 is 0 Å². The van der Waals surface area contributed by atoms with Crippen LogP contribution in [-0.4, -0.2) is 35.9 Å². The molecule has 0 saturated heterocycles. The van der Waals surface area contributed by atoms with E-state index in [2.05, 4.69) is 20.4 Å². The first-order valence-corrected chi connectivity index (χ1v) is 8.46. The molecule has 1 aromatic rings. The minimum absolute atomic E-state index is 0.0701. The molecule has 1 fully saturated rings. The van der Waals surface area contributed by atoms with Gasteiger partial charge in [-0.25, -0.2) is 4.98 Å². The Hall–Kier alpha value is -1.96. The number of hydrogen-bond donors (Lipinski definition) is 2. The van der Waals surface area contributed by atoms with Crippen LogP contribution in [0.2, 0.25) is 0 Å². The van der Waals surface area contributed by atoms with E-state index in [1.54, 1.807) is 5.38 Å². The van der Waals surface area contributed by atoms with Crippen LogP contribution >= 0.6 is 11.3 Å². The molecule has 2 rings (SSSR count). The summed E-state index contributed by atoms with van der Waals surface area (Å²) in [5.41, 5.74) is 0.550. The van der Waals surface area contributed by atoms with Crippen molar-refractivity contribution in [3.8, 4) is 0 Å². The molecule has 1 aliphatic carbocycles. The van der Waals surface area contributed by atoms with Gasteiger partial charge in [0.2, 0.25) is 11.8 Å². The second kappa shape index (κ2) is 8.05. The maximum Gasteiger partial charge on any atom is 0.311 e. The van der Waals surface area contributed by atoms with Gasteiger partial charge < -0.3 is 15.4 Å². The molecule has 1 aliphatic rings. The topological polar surface area (TPSA) is 97.4 Å². The van der Waals surface area contributed by atoms with Crippen LogP contribution in [0.5, 0.6) is 0 Å². The van der Waals surface area contributed by atoms with Crippen molar-refractivity contribution >= 4 is 34.3 Å². The second-order valence-electron chi connectivity index (χ2n) is 5.61. The molecule has 7 nitrogen and oxygen atoms in total. The lowest BCUT2D eigenvalue weighted by atomic mass is 9.97. The van der Waals surface area contributed by atoms with Gasteiger partial charge in [-0.1, -0.05) is 12.8 Å². The van der Waals surface area contributed by atoms with Gasteiger partial charge >= 0.3 is 5.97 Å². The number of esters is 1. The maximum atomic E-state index is 12.5. The van der Waals surface area contributed by atoms with Gasteiger partial charge in [0.1, 0.15) is 6.04 Å². The molecule has 1 heterocycles. The van der Waals surface area contributed by atoms with E-state index in [1.807, 2.05) is 0 Å². The van der Waals surface area contributed by atoms with Gasteiger partial charge in [0.25, 0.3) is 0 Å². The van der Waals surface area contributed by atoms with Crippen LogP contribution in [0.3, 0.4) is 0 Å². The van der Waals surface area contributed by atoms with E-state index in [0.29, 0.717) is 10.8 Å². The smallest absolute Gasteiger partial charge is 0.311 e. The van der Waals surface area contributed by atoms with Crippen molar-refractivity contribution in [2.24, 2.45) is 5.92 Å². The third-order valence-electron chi connectivity index (χ3n) is 3.85. The van der Waals surface area contributed by atoms with E-state index in [4.69, 9.17) is 0 Å². The molecule has 23 heavy (non-hydrogen) atoms. The van der Waals surface area contributed by atoms with Crippen LogP contribution in [0.1, 0.15) is 38.3 Å². The number of hydrogen-bond acceptors (Lipinski definition) is 6. The molecule has 0 unspecified atom stereocenters. The fourth-order valence-corrected chi connectivity index (χ4v) is 3.47. The predicted octanol–water partition coefficient (Wildman–Crippen LogP) is 1.49. The summed E-state index contributed by atoms with van der Waals surface area (Å²) in [6.45, 7) is 1.41. The molecule has 1 aromatic heterocycles. The van der Waals surface area contributed by atoms with Crippen LogP contribution < -0.4 is 10.6 Å². The Morgan fingerprint density at radius 3 is 2.70 bits per heavy atom. The summed E-state index contributed by atoms with van der Waals surface area (Å²) < 4.78 is 4.58. The average Bonchev–Trinajstić information content (AvgIpc) is 3.16. The predicted molar refractivity (Wildman–Crippen MR) is 86.0 cm³/mol. The third-order valence-corrected chi connectivity index (χ3v) is 4.65. The number of amides is 2. The minimum atomic E-state index is -0.539. The molecule has 2 N–H and O–H groups in total. The first-order chi connectivity index (χ1) is 11.0. The van der Waals surface area contributed by atoms with Gasteiger partial charge in [0, 0.05) is 12.3 Å². The zero-order valence-corrected chi connectivity index (χ0v) is 14.1. The van der Waals surface area contributed by atoms with Crippen LogP contribution in [0, 0.1) is 5.92 Å². The first-order valence-electron chi connectivity index (χ1n) is 7.58. The van der Waals surface area contributed by atoms with Crippen molar-refractivity contribution in [3.05, 3.63) is 11.1 Å². The van der Waals surface area contributed by atoms with E-state index < -0.39 is 6.04 Å². The molecular formula is C15H21N3O4S. The van der Waals surface area contributed by atoms with Gasteiger partial charge in [0.05, 0.1) is 19.2 Å². The fourth-order valence-electron chi connectivity index (χ4n) is 2.76. The Bertz CT molecular complexity index is 581. The number of thiazole rings is 1. The Labute approximate surface area is 138 Å². The van der Waals surface area contributed by atoms with Gasteiger partial charge in [-0.3, -0.25) is 14.4 Å². The lowest BCUT2D eigenvalue weighted by Gasteiger charge is -2.22. The zero-order valence-electron chi connectivity index (χ0n) is 13.3. The molecule has 0 bridgehead atoms. The van der Waals surface area contributed by atoms with Gasteiger partial charge in [0.15, 0.2) is 5.13 Å². The monoisotopic (exact) mass is 339 g/mol. The number of rotatable bonds is 6. The Balaban J connectivity index is 2.00. The summed E-state index contributed by atoms with van der Waals surface area (Å²) in [5, 5.41) is 7.60. The standard InChI is InChI=1S/C15H21N3O4S/c1-9(19)16-13(10-5-3-4-6-10)14(21)18-15-17-11(8-23-15)7-12(20)22-2/h8,10,13H,3-7H2,1-2H3,(H,16,19)(H,17,18,21)/t13-/m0/s1. The summed E-state index contributed by atoms with van der Waals surface area (Å²) in [7, 11) is 1.32. The van der Waals surface area contributed by atoms with Crippen molar-refractivity contribution in [3.63, 3.8) is 0 Å². The molecule has 0 radical (unpaired) electrons. The number of methoxy groups -OCH3 is 1. The quantitative estimate of drug-likeness (QED) is 0.765. The van der Waals surface area contributed by atoms with E-state index in [1.165, 1.54) is 25.4 Å². The van der Waals surface area contributed by atoms with Crippen LogP contribution in [0.15, 0.2) is 5.38 Å². The fraction of sp³-hybridized carbons (Fsp3) is 0.600. The Morgan fingerprint density at radius 2 is 2.09 bits per heavy atom. The van der Waals surface area contributed by atoms with Gasteiger partial charge in [-0.15, -0.1) is 11.3 Å². The molecule has 0 aliphatic heterocycles. The molecule has 0 aromatic carbocycles. The normalized spacial score (nSPS) is 15.9. The number of nitrogens with one attached hydrogen (secondary N) is 2. The number of ether oxygens (including phenoxy) is 1. The number of carbonyl (C=O) groups is 3. The van der Waals surface area contributed by atoms with Crippen LogP contribution in [-0.2, 0) is 25.5 Å². The van der Waals surface area contributed by atoms with Gasteiger partial charge in [-0.05, 0) is 18.8 Å². The van der Waals surface area contributed by atoms with Crippen LogP contribution in [0.4, 0.5) is 5.13 Å². The molecular weight excluding hydrogens is 318 g/mol. The van der Waals surface area contributed by atoms with Crippen molar-refractivity contribution in [1.82, 2.24) is 10.3 Å². The third kappa shape index (κ3) is 5.02. The summed E-state index contributed by atoms with van der Waals surface area (Å²) in [5.74, 6) is -0.697. The molecule has 0 spiro atoms. The van der Waals surface area contributed by atoms with Crippen molar-refractivity contribution in [2.75, 3.05) is 12.4 Å². The lowest BCUT2D eigenvalue weighted by molar-refractivity contribution is -0.139. The van der Waals surface area contributed by atoms with Crippen molar-refractivity contribution < 1.29 is 19.1 Å². The molecule has 126 valence electrons. The molecule has 1 atom stereocenters. The van der Waals surface area contributed by atoms with Gasteiger partial charge in [-0.2, -0.15) is 0 Å². The number of anilines is 1. The molecule has 1 saturated carbocycles. The summed E-state index contributed by atoms with van der Waals surface area (Å²) in [6.07, 6.45) is 4.09. The number of carbonyl (C=O) groups excluding carboxylic acids is 3. The average molecular weight is 339 g/mol. The number of aromatic nitrogens is 1. The Morgan fingerprint density at radius 1 is 1.39 bits per heavy atom. The lowest BCUT2D eigenvalue weighted by Crippen LogP contribution is -2.47. The first kappa shape index (κ1) is 17.4. The summed E-state index contributed by atoms with van der Waals surface area (Å²) in [6, 6.07) is -0.539. The highest BCUT2D eigenvalue weighted by atomic mass is 32.1. The van der Waals surface area contributed by atoms with Crippen molar-refractivity contribution in [2.45, 2.75) is 45.1 Å². The maximum absolute atomic E-state index is 12.5. The highest BCUT2D eigenvalue weighted by Gasteiger charge is 2.31. The SMILES string of the molecule is COC(=O)Cc1csc(NC(=O)[C@@H](NC(C)=O)C2CCCC2)n1. The van der Waals surface area contributed by atoms with E-state index in [0.717, 1.165) is 25.7 Å². The second-order valence-corrected chi connectivity index (χ2v) is 6.47. The highest BCUT2D eigenvalue weighted by molar-refractivity contribution is 7.13. The number of nitrogens with zero attached hydrogens (tertiary/aromatic N) is 1. The highest BCUT2D eigenvalue weighted by Crippen LogP contribution is 2.28. The van der Waals surface area contributed by atoms with Crippen molar-refractivity contribution in [1.29, 1.82) is 0 Å².